The molecule has 1 aromatic carbocycles. The molecule has 1 aromatic heterocycles. The van der Waals surface area contributed by atoms with Crippen molar-refractivity contribution in [3.05, 3.63) is 35.5 Å². The molecule has 0 spiro atoms. The molecule has 78 valence electrons. The van der Waals surface area contributed by atoms with Gasteiger partial charge in [0.25, 0.3) is 0 Å². The van der Waals surface area contributed by atoms with Gasteiger partial charge >= 0.3 is 0 Å². The Morgan fingerprint density at radius 3 is 2.88 bits per heavy atom. The van der Waals surface area contributed by atoms with E-state index in [9.17, 15) is 9.59 Å². The highest BCUT2D eigenvalue weighted by Crippen LogP contribution is 2.23. The molecule has 2 aromatic rings. The van der Waals surface area contributed by atoms with Crippen LogP contribution >= 0.6 is 0 Å². The molecule has 0 atom stereocenters. The minimum atomic E-state index is -0.112. The van der Waals surface area contributed by atoms with Crippen LogP contribution in [0.5, 0.6) is 0 Å². The van der Waals surface area contributed by atoms with Crippen molar-refractivity contribution in [2.45, 2.75) is 12.8 Å². The van der Waals surface area contributed by atoms with Gasteiger partial charge in [-0.2, -0.15) is 10.2 Å². The number of benzene rings is 1. The van der Waals surface area contributed by atoms with Crippen molar-refractivity contribution in [2.24, 2.45) is 0 Å². The van der Waals surface area contributed by atoms with Gasteiger partial charge in [-0.25, -0.2) is 0 Å². The molecule has 4 heteroatoms. The van der Waals surface area contributed by atoms with Crippen LogP contribution in [0.1, 0.15) is 22.3 Å². The average molecular weight is 212 g/mol. The molecular formula is C12H8N2O2. The van der Waals surface area contributed by atoms with E-state index in [1.54, 1.807) is 12.3 Å². The topological polar surface area (TPSA) is 59.9 Å². The molecule has 0 aliphatic heterocycles. The molecule has 16 heavy (non-hydrogen) atoms. The first-order valence-electron chi connectivity index (χ1n) is 5.03. The maximum atomic E-state index is 11.7. The molecule has 0 N–H and O–H groups in total. The fourth-order valence-electron chi connectivity index (χ4n) is 2.04. The third-order valence-electron chi connectivity index (χ3n) is 2.78. The second-order valence-electron chi connectivity index (χ2n) is 3.91. The number of Topliss-reactive ketones (excluding diaryl/α,β-unsaturated/α-hetero) is 2. The molecule has 0 bridgehead atoms. The SMILES string of the molecule is O=C1CC(=O)c2cc3nnccc3cc2C1. The normalized spacial score (nSPS) is 15.2. The monoisotopic (exact) mass is 212 g/mol. The lowest BCUT2D eigenvalue weighted by Gasteiger charge is -2.14. The standard InChI is InChI=1S/C12H8N2O2/c15-9-4-8-3-7-1-2-13-14-11(7)6-10(8)12(16)5-9/h1-3,6H,4-5H2. The second kappa shape index (κ2) is 3.20. The zero-order chi connectivity index (χ0) is 11.1. The van der Waals surface area contributed by atoms with Gasteiger partial charge in [-0.1, -0.05) is 0 Å². The Hall–Kier alpha value is -2.10. The molecule has 0 saturated heterocycles. The number of carbonyl (C=O) groups excluding carboxylic acids is 2. The lowest BCUT2D eigenvalue weighted by molar-refractivity contribution is -0.117. The zero-order valence-corrected chi connectivity index (χ0v) is 8.43. The van der Waals surface area contributed by atoms with E-state index in [1.165, 1.54) is 0 Å². The minimum Gasteiger partial charge on any atom is -0.299 e. The van der Waals surface area contributed by atoms with E-state index in [0.29, 0.717) is 17.5 Å². The van der Waals surface area contributed by atoms with E-state index in [4.69, 9.17) is 0 Å². The van der Waals surface area contributed by atoms with Gasteiger partial charge in [-0.15, -0.1) is 0 Å². The van der Waals surface area contributed by atoms with Crippen LogP contribution < -0.4 is 0 Å². The lowest BCUT2D eigenvalue weighted by atomic mass is 9.89. The van der Waals surface area contributed by atoms with Crippen LogP contribution in [0.2, 0.25) is 0 Å². The van der Waals surface area contributed by atoms with Gasteiger partial charge in [-0.3, -0.25) is 9.59 Å². The predicted molar refractivity (Wildman–Crippen MR) is 57.2 cm³/mol. The summed E-state index contributed by atoms with van der Waals surface area (Å²) in [6.45, 7) is 0. The second-order valence-corrected chi connectivity index (χ2v) is 3.91. The number of fused-ring (bicyclic) bond motifs is 2. The summed E-state index contributed by atoms with van der Waals surface area (Å²) in [5, 5.41) is 8.64. The first-order chi connectivity index (χ1) is 7.74. The van der Waals surface area contributed by atoms with Crippen LogP contribution in [0.15, 0.2) is 24.4 Å². The van der Waals surface area contributed by atoms with Gasteiger partial charge < -0.3 is 0 Å². The lowest BCUT2D eigenvalue weighted by Crippen LogP contribution is -2.19. The molecule has 0 amide bonds. The van der Waals surface area contributed by atoms with Gasteiger partial charge in [-0.05, 0) is 23.8 Å². The molecule has 3 rings (SSSR count). The molecular weight excluding hydrogens is 204 g/mol. The average Bonchev–Trinajstić information content (AvgIpc) is 2.27. The zero-order valence-electron chi connectivity index (χ0n) is 8.43. The number of carbonyl (C=O) groups is 2. The maximum Gasteiger partial charge on any atom is 0.170 e. The quantitative estimate of drug-likeness (QED) is 0.618. The van der Waals surface area contributed by atoms with Crippen molar-refractivity contribution in [2.75, 3.05) is 0 Å². The summed E-state index contributed by atoms with van der Waals surface area (Å²) in [7, 11) is 0. The first kappa shape index (κ1) is 9.15. The largest absolute Gasteiger partial charge is 0.299 e. The maximum absolute atomic E-state index is 11.7. The number of ketones is 2. The van der Waals surface area contributed by atoms with Crippen molar-refractivity contribution in [1.29, 1.82) is 0 Å². The Balaban J connectivity index is 2.30. The third kappa shape index (κ3) is 1.31. The first-order valence-corrected chi connectivity index (χ1v) is 5.03. The van der Waals surface area contributed by atoms with Crippen LogP contribution in [-0.2, 0) is 11.2 Å². The van der Waals surface area contributed by atoms with Crippen LogP contribution in [-0.4, -0.2) is 21.8 Å². The fourth-order valence-corrected chi connectivity index (χ4v) is 2.04. The number of aromatic nitrogens is 2. The van der Waals surface area contributed by atoms with Crippen molar-refractivity contribution in [3.8, 4) is 0 Å². The van der Waals surface area contributed by atoms with E-state index in [-0.39, 0.29) is 18.0 Å². The van der Waals surface area contributed by atoms with Gasteiger partial charge in [0.1, 0.15) is 5.78 Å². The van der Waals surface area contributed by atoms with E-state index < -0.39 is 0 Å². The molecule has 0 unspecified atom stereocenters. The highest BCUT2D eigenvalue weighted by Gasteiger charge is 2.23. The van der Waals surface area contributed by atoms with Crippen molar-refractivity contribution < 1.29 is 9.59 Å². The highest BCUT2D eigenvalue weighted by molar-refractivity contribution is 6.14. The summed E-state index contributed by atoms with van der Waals surface area (Å²) >= 11 is 0. The Morgan fingerprint density at radius 1 is 1.12 bits per heavy atom. The van der Waals surface area contributed by atoms with Crippen molar-refractivity contribution in [3.63, 3.8) is 0 Å². The smallest absolute Gasteiger partial charge is 0.170 e. The molecule has 1 heterocycles. The molecule has 0 radical (unpaired) electrons. The third-order valence-corrected chi connectivity index (χ3v) is 2.78. The number of hydrogen-bond donors (Lipinski definition) is 0. The molecule has 0 saturated carbocycles. The number of hydrogen-bond acceptors (Lipinski definition) is 4. The Bertz CT molecular complexity index is 619. The summed E-state index contributed by atoms with van der Waals surface area (Å²) in [6, 6.07) is 5.41. The van der Waals surface area contributed by atoms with E-state index in [0.717, 1.165) is 10.9 Å². The van der Waals surface area contributed by atoms with E-state index in [2.05, 4.69) is 10.2 Å². The predicted octanol–water partition coefficient (Wildman–Crippen LogP) is 1.33. The number of nitrogens with zero attached hydrogens (tertiary/aromatic N) is 2. The Labute approximate surface area is 91.3 Å². The van der Waals surface area contributed by atoms with Gasteiger partial charge in [0.2, 0.25) is 0 Å². The summed E-state index contributed by atoms with van der Waals surface area (Å²) in [6.07, 6.45) is 1.96. The van der Waals surface area contributed by atoms with Gasteiger partial charge in [0, 0.05) is 17.4 Å². The Morgan fingerprint density at radius 2 is 2.00 bits per heavy atom. The molecule has 1 aliphatic carbocycles. The summed E-state index contributed by atoms with van der Waals surface area (Å²) in [5.74, 6) is -0.127. The Kier molecular flexibility index (Phi) is 1.83. The van der Waals surface area contributed by atoms with Crippen molar-refractivity contribution in [1.82, 2.24) is 10.2 Å². The summed E-state index contributed by atoms with van der Waals surface area (Å²) in [4.78, 5) is 23.0. The van der Waals surface area contributed by atoms with Crippen LogP contribution in [0.25, 0.3) is 10.9 Å². The minimum absolute atomic E-state index is 0.0127. The fraction of sp³-hybridized carbons (Fsp3) is 0.167. The molecule has 4 nitrogen and oxygen atoms in total. The molecule has 0 fully saturated rings. The van der Waals surface area contributed by atoms with Crippen molar-refractivity contribution >= 4 is 22.5 Å². The van der Waals surface area contributed by atoms with E-state index in [1.807, 2.05) is 12.1 Å². The van der Waals surface area contributed by atoms with Gasteiger partial charge in [0.05, 0.1) is 18.1 Å². The summed E-state index contributed by atoms with van der Waals surface area (Å²) in [5.41, 5.74) is 2.12. The van der Waals surface area contributed by atoms with Gasteiger partial charge in [0.15, 0.2) is 5.78 Å². The highest BCUT2D eigenvalue weighted by atomic mass is 16.1. The van der Waals surface area contributed by atoms with Crippen LogP contribution in [0, 0.1) is 0 Å². The number of rotatable bonds is 0. The van der Waals surface area contributed by atoms with Crippen LogP contribution in [0.3, 0.4) is 0 Å². The molecule has 1 aliphatic rings. The van der Waals surface area contributed by atoms with E-state index >= 15 is 0 Å². The summed E-state index contributed by atoms with van der Waals surface area (Å²) < 4.78 is 0. The van der Waals surface area contributed by atoms with Crippen LogP contribution in [0.4, 0.5) is 0 Å².